The predicted octanol–water partition coefficient (Wildman–Crippen LogP) is 3.26. The molecule has 3 rings (SSSR count). The van der Waals surface area contributed by atoms with Crippen LogP contribution < -0.4 is 0 Å². The molecule has 1 aromatic carbocycles. The van der Waals surface area contributed by atoms with Crippen LogP contribution >= 0.6 is 0 Å². The summed E-state index contributed by atoms with van der Waals surface area (Å²) in [5, 5.41) is 0. The fourth-order valence-electron chi connectivity index (χ4n) is 2.75. The number of hydrogen-bond donors (Lipinski definition) is 0. The molecule has 1 fully saturated rings. The highest BCUT2D eigenvalue weighted by Crippen LogP contribution is 2.24. The van der Waals surface area contributed by atoms with E-state index in [1.54, 1.807) is 28.6 Å². The first-order valence-corrected chi connectivity index (χ1v) is 9.18. The first-order valence-electron chi connectivity index (χ1n) is 7.74. The molecular formula is C18H20N2O2S. The number of aryl methyl sites for hydroxylation is 1. The highest BCUT2D eigenvalue weighted by molar-refractivity contribution is 7.89. The van der Waals surface area contributed by atoms with Crippen LogP contribution in [0.4, 0.5) is 0 Å². The molecule has 0 bridgehead atoms. The first-order chi connectivity index (χ1) is 11.1. The van der Waals surface area contributed by atoms with E-state index in [0.717, 1.165) is 24.2 Å². The van der Waals surface area contributed by atoms with Crippen molar-refractivity contribution in [3.8, 4) is 0 Å². The topological polar surface area (TPSA) is 50.3 Å². The molecule has 4 nitrogen and oxygen atoms in total. The van der Waals surface area contributed by atoms with Gasteiger partial charge in [0.25, 0.3) is 0 Å². The molecule has 0 amide bonds. The van der Waals surface area contributed by atoms with Gasteiger partial charge in [-0.25, -0.2) is 8.42 Å². The molecular weight excluding hydrogens is 308 g/mol. The van der Waals surface area contributed by atoms with E-state index >= 15 is 0 Å². The standard InChI is InChI=1S/C18H20N2O2S/c1-15-6-5-7-17(19-15)14-16-10-12-20(13-11-16)23(21,22)18-8-3-2-4-9-18/h2-9,14H,10-13H2,1H3. The Hall–Kier alpha value is -1.98. The van der Waals surface area contributed by atoms with E-state index < -0.39 is 10.0 Å². The van der Waals surface area contributed by atoms with Gasteiger partial charge in [-0.1, -0.05) is 29.8 Å². The Kier molecular flexibility index (Phi) is 4.59. The van der Waals surface area contributed by atoms with E-state index in [0.29, 0.717) is 18.0 Å². The van der Waals surface area contributed by atoms with Gasteiger partial charge in [0.1, 0.15) is 0 Å². The van der Waals surface area contributed by atoms with Crippen LogP contribution in [0.15, 0.2) is 59.0 Å². The van der Waals surface area contributed by atoms with Crippen molar-refractivity contribution in [2.75, 3.05) is 13.1 Å². The summed E-state index contributed by atoms with van der Waals surface area (Å²) in [6.07, 6.45) is 3.59. The number of rotatable bonds is 3. The third-order valence-corrected chi connectivity index (χ3v) is 5.92. The zero-order valence-electron chi connectivity index (χ0n) is 13.1. The molecule has 1 aromatic heterocycles. The largest absolute Gasteiger partial charge is 0.254 e. The highest BCUT2D eigenvalue weighted by atomic mass is 32.2. The van der Waals surface area contributed by atoms with Gasteiger partial charge in [-0.2, -0.15) is 4.31 Å². The number of piperidine rings is 1. The third kappa shape index (κ3) is 3.68. The number of hydrogen-bond acceptors (Lipinski definition) is 3. The third-order valence-electron chi connectivity index (χ3n) is 4.01. The van der Waals surface area contributed by atoms with Crippen molar-refractivity contribution in [1.29, 1.82) is 0 Å². The summed E-state index contributed by atoms with van der Waals surface area (Å²) in [6.45, 7) is 3.01. The van der Waals surface area contributed by atoms with Gasteiger partial charge >= 0.3 is 0 Å². The van der Waals surface area contributed by atoms with Crippen LogP contribution in [0, 0.1) is 6.92 Å². The molecule has 1 aliphatic rings. The molecule has 0 unspecified atom stereocenters. The lowest BCUT2D eigenvalue weighted by atomic mass is 10.0. The van der Waals surface area contributed by atoms with Crippen molar-refractivity contribution in [3.05, 3.63) is 65.5 Å². The molecule has 2 heterocycles. The molecule has 0 saturated carbocycles. The van der Waals surface area contributed by atoms with Crippen LogP contribution in [-0.4, -0.2) is 30.8 Å². The van der Waals surface area contributed by atoms with Gasteiger partial charge in [-0.15, -0.1) is 0 Å². The van der Waals surface area contributed by atoms with Crippen molar-refractivity contribution < 1.29 is 8.42 Å². The lowest BCUT2D eigenvalue weighted by Crippen LogP contribution is -2.36. The van der Waals surface area contributed by atoms with Gasteiger partial charge < -0.3 is 0 Å². The summed E-state index contributed by atoms with van der Waals surface area (Å²) in [4.78, 5) is 4.84. The average Bonchev–Trinajstić information content (AvgIpc) is 2.56. The van der Waals surface area contributed by atoms with Crippen molar-refractivity contribution in [1.82, 2.24) is 9.29 Å². The second-order valence-electron chi connectivity index (χ2n) is 5.72. The van der Waals surface area contributed by atoms with Gasteiger partial charge in [0, 0.05) is 18.8 Å². The van der Waals surface area contributed by atoms with E-state index in [1.165, 1.54) is 5.57 Å². The second kappa shape index (κ2) is 6.64. The van der Waals surface area contributed by atoms with E-state index in [-0.39, 0.29) is 0 Å². The fraction of sp³-hybridized carbons (Fsp3) is 0.278. The molecule has 0 spiro atoms. The Balaban J connectivity index is 1.71. The van der Waals surface area contributed by atoms with Gasteiger partial charge in [-0.05, 0) is 50.1 Å². The van der Waals surface area contributed by atoms with E-state index in [1.807, 2.05) is 31.2 Å². The predicted molar refractivity (Wildman–Crippen MR) is 91.4 cm³/mol. The maximum Gasteiger partial charge on any atom is 0.243 e. The van der Waals surface area contributed by atoms with Gasteiger partial charge in [0.15, 0.2) is 0 Å². The maximum absolute atomic E-state index is 12.6. The van der Waals surface area contributed by atoms with Crippen LogP contribution in [0.2, 0.25) is 0 Å². The molecule has 0 N–H and O–H groups in total. The molecule has 0 atom stereocenters. The highest BCUT2D eigenvalue weighted by Gasteiger charge is 2.26. The smallest absolute Gasteiger partial charge is 0.243 e. The van der Waals surface area contributed by atoms with Crippen molar-refractivity contribution in [2.45, 2.75) is 24.7 Å². The lowest BCUT2D eigenvalue weighted by Gasteiger charge is -2.27. The zero-order valence-corrected chi connectivity index (χ0v) is 14.0. The molecule has 5 heteroatoms. The molecule has 0 radical (unpaired) electrons. The molecule has 1 saturated heterocycles. The van der Waals surface area contributed by atoms with E-state index in [4.69, 9.17) is 0 Å². The normalized spacial score (nSPS) is 16.3. The van der Waals surface area contributed by atoms with Gasteiger partial charge in [0.05, 0.1) is 10.6 Å². The molecule has 120 valence electrons. The molecule has 23 heavy (non-hydrogen) atoms. The fourth-order valence-corrected chi connectivity index (χ4v) is 4.22. The summed E-state index contributed by atoms with van der Waals surface area (Å²) in [6, 6.07) is 14.6. The summed E-state index contributed by atoms with van der Waals surface area (Å²) in [5.41, 5.74) is 3.19. The molecule has 2 aromatic rings. The minimum absolute atomic E-state index is 0.368. The van der Waals surface area contributed by atoms with Crippen LogP contribution in [0.1, 0.15) is 24.2 Å². The number of nitrogens with zero attached hydrogens (tertiary/aromatic N) is 2. The lowest BCUT2D eigenvalue weighted by molar-refractivity contribution is 0.388. The zero-order chi connectivity index (χ0) is 16.3. The molecule has 0 aliphatic carbocycles. The number of sulfonamides is 1. The Labute approximate surface area is 137 Å². The summed E-state index contributed by atoms with van der Waals surface area (Å²) < 4.78 is 26.8. The van der Waals surface area contributed by atoms with Crippen molar-refractivity contribution >= 4 is 16.1 Å². The van der Waals surface area contributed by atoms with Crippen molar-refractivity contribution in [2.24, 2.45) is 0 Å². The first kappa shape index (κ1) is 15.9. The number of pyridine rings is 1. The summed E-state index contributed by atoms with van der Waals surface area (Å²) >= 11 is 0. The van der Waals surface area contributed by atoms with Crippen LogP contribution in [-0.2, 0) is 10.0 Å². The Bertz CT molecular complexity index is 804. The van der Waals surface area contributed by atoms with Gasteiger partial charge in [-0.3, -0.25) is 4.98 Å². The monoisotopic (exact) mass is 328 g/mol. The minimum Gasteiger partial charge on any atom is -0.254 e. The maximum atomic E-state index is 12.6. The van der Waals surface area contributed by atoms with Crippen molar-refractivity contribution in [3.63, 3.8) is 0 Å². The van der Waals surface area contributed by atoms with Crippen LogP contribution in [0.25, 0.3) is 6.08 Å². The average molecular weight is 328 g/mol. The van der Waals surface area contributed by atoms with E-state index in [9.17, 15) is 8.42 Å². The molecule has 1 aliphatic heterocycles. The quantitative estimate of drug-likeness (QED) is 0.869. The Morgan fingerprint density at radius 3 is 2.35 bits per heavy atom. The number of aromatic nitrogens is 1. The summed E-state index contributed by atoms with van der Waals surface area (Å²) in [5.74, 6) is 0. The summed E-state index contributed by atoms with van der Waals surface area (Å²) in [7, 11) is -3.37. The SMILES string of the molecule is Cc1cccc(C=C2CCN(S(=O)(=O)c3ccccc3)CC2)n1. The van der Waals surface area contributed by atoms with Crippen LogP contribution in [0.5, 0.6) is 0 Å². The van der Waals surface area contributed by atoms with Gasteiger partial charge in [0.2, 0.25) is 10.0 Å². The minimum atomic E-state index is -3.37. The van der Waals surface area contributed by atoms with E-state index in [2.05, 4.69) is 11.1 Å². The Morgan fingerprint density at radius 1 is 1.00 bits per heavy atom. The van der Waals surface area contributed by atoms with Crippen LogP contribution in [0.3, 0.4) is 0 Å². The Morgan fingerprint density at radius 2 is 1.70 bits per heavy atom. The second-order valence-corrected chi connectivity index (χ2v) is 7.66. The number of benzene rings is 1.